The van der Waals surface area contributed by atoms with Crippen LogP contribution in [-0.4, -0.2) is 62.3 Å². The fourth-order valence-corrected chi connectivity index (χ4v) is 3.22. The number of nitrogens with one attached hydrogen (secondary N) is 2. The van der Waals surface area contributed by atoms with E-state index in [1.807, 2.05) is 7.05 Å². The van der Waals surface area contributed by atoms with Crippen molar-refractivity contribution in [1.82, 2.24) is 15.5 Å². The lowest BCUT2D eigenvalue weighted by molar-refractivity contribution is 0.0574. The first kappa shape index (κ1) is 20.2. The van der Waals surface area contributed by atoms with Gasteiger partial charge in [0.1, 0.15) is 0 Å². The van der Waals surface area contributed by atoms with Crippen molar-refractivity contribution in [2.75, 3.05) is 33.3 Å². The average Bonchev–Trinajstić information content (AvgIpc) is 3.01. The molecule has 0 aromatic heterocycles. The second kappa shape index (κ2) is 11.7. The fourth-order valence-electron chi connectivity index (χ4n) is 3.22. The number of ether oxygens (including phenoxy) is 1. The SMILES string of the molecule is CN=C(NCCCOC1CCCC1)NCCN(C(C)C)C(C)C. The molecule has 1 fully saturated rings. The Balaban J connectivity index is 2.09. The summed E-state index contributed by atoms with van der Waals surface area (Å²) in [6.07, 6.45) is 6.72. The highest BCUT2D eigenvalue weighted by molar-refractivity contribution is 5.79. The van der Waals surface area contributed by atoms with Gasteiger partial charge in [0.25, 0.3) is 0 Å². The van der Waals surface area contributed by atoms with E-state index in [-0.39, 0.29) is 0 Å². The van der Waals surface area contributed by atoms with Gasteiger partial charge in [0.05, 0.1) is 6.10 Å². The van der Waals surface area contributed by atoms with Gasteiger partial charge in [0.15, 0.2) is 5.96 Å². The molecule has 5 nitrogen and oxygen atoms in total. The Hall–Kier alpha value is -0.810. The van der Waals surface area contributed by atoms with E-state index >= 15 is 0 Å². The van der Waals surface area contributed by atoms with Crippen molar-refractivity contribution in [1.29, 1.82) is 0 Å². The molecule has 5 heteroatoms. The predicted octanol–water partition coefficient (Wildman–Crippen LogP) is 2.62. The van der Waals surface area contributed by atoms with Crippen LogP contribution >= 0.6 is 0 Å². The predicted molar refractivity (Wildman–Crippen MR) is 99.2 cm³/mol. The van der Waals surface area contributed by atoms with Crippen molar-refractivity contribution in [2.45, 2.75) is 78.0 Å². The largest absolute Gasteiger partial charge is 0.378 e. The minimum atomic E-state index is 0.519. The molecule has 1 rings (SSSR count). The Labute approximate surface area is 143 Å². The van der Waals surface area contributed by atoms with E-state index in [9.17, 15) is 0 Å². The molecule has 1 saturated carbocycles. The lowest BCUT2D eigenvalue weighted by atomic mass is 10.2. The van der Waals surface area contributed by atoms with Crippen molar-refractivity contribution in [2.24, 2.45) is 4.99 Å². The first-order valence-electron chi connectivity index (χ1n) is 9.36. The zero-order valence-electron chi connectivity index (χ0n) is 15.9. The average molecular weight is 327 g/mol. The Kier molecular flexibility index (Phi) is 10.3. The van der Waals surface area contributed by atoms with Crippen LogP contribution in [0.25, 0.3) is 0 Å². The number of aliphatic imine (C=N–C) groups is 1. The highest BCUT2D eigenvalue weighted by atomic mass is 16.5. The highest BCUT2D eigenvalue weighted by Crippen LogP contribution is 2.20. The van der Waals surface area contributed by atoms with Crippen molar-refractivity contribution < 1.29 is 4.74 Å². The van der Waals surface area contributed by atoms with E-state index in [0.717, 1.165) is 38.6 Å². The van der Waals surface area contributed by atoms with Gasteiger partial charge in [-0.1, -0.05) is 12.8 Å². The van der Waals surface area contributed by atoms with E-state index in [0.29, 0.717) is 18.2 Å². The Morgan fingerprint density at radius 1 is 1.09 bits per heavy atom. The lowest BCUT2D eigenvalue weighted by Crippen LogP contribution is -2.45. The number of hydrogen-bond donors (Lipinski definition) is 2. The molecular weight excluding hydrogens is 288 g/mol. The first-order chi connectivity index (χ1) is 11.0. The zero-order valence-corrected chi connectivity index (χ0v) is 15.9. The molecule has 0 radical (unpaired) electrons. The third-order valence-electron chi connectivity index (χ3n) is 4.48. The van der Waals surface area contributed by atoms with Crippen LogP contribution in [0.15, 0.2) is 4.99 Å². The van der Waals surface area contributed by atoms with E-state index in [1.165, 1.54) is 25.7 Å². The Morgan fingerprint density at radius 3 is 2.26 bits per heavy atom. The van der Waals surface area contributed by atoms with Crippen molar-refractivity contribution >= 4 is 5.96 Å². The first-order valence-corrected chi connectivity index (χ1v) is 9.36. The fraction of sp³-hybridized carbons (Fsp3) is 0.944. The van der Waals surface area contributed by atoms with Gasteiger partial charge < -0.3 is 15.4 Å². The molecule has 0 aromatic carbocycles. The molecule has 136 valence electrons. The topological polar surface area (TPSA) is 48.9 Å². The summed E-state index contributed by atoms with van der Waals surface area (Å²) in [5, 5.41) is 6.77. The molecule has 2 N–H and O–H groups in total. The van der Waals surface area contributed by atoms with Crippen LogP contribution < -0.4 is 10.6 Å². The Morgan fingerprint density at radius 2 is 1.70 bits per heavy atom. The van der Waals surface area contributed by atoms with Gasteiger partial charge in [-0.05, 0) is 47.0 Å². The minimum absolute atomic E-state index is 0.519. The third kappa shape index (κ3) is 8.56. The minimum Gasteiger partial charge on any atom is -0.378 e. The molecule has 0 unspecified atom stereocenters. The molecule has 23 heavy (non-hydrogen) atoms. The summed E-state index contributed by atoms with van der Waals surface area (Å²) < 4.78 is 5.88. The summed E-state index contributed by atoms with van der Waals surface area (Å²) >= 11 is 0. The molecule has 0 aromatic rings. The second-order valence-electron chi connectivity index (χ2n) is 6.98. The van der Waals surface area contributed by atoms with Crippen LogP contribution in [-0.2, 0) is 4.74 Å². The third-order valence-corrected chi connectivity index (χ3v) is 4.48. The molecule has 0 atom stereocenters. The summed E-state index contributed by atoms with van der Waals surface area (Å²) in [5.74, 6) is 0.887. The van der Waals surface area contributed by atoms with Crippen LogP contribution in [0.2, 0.25) is 0 Å². The van der Waals surface area contributed by atoms with E-state index < -0.39 is 0 Å². The maximum atomic E-state index is 5.88. The maximum Gasteiger partial charge on any atom is 0.191 e. The quantitative estimate of drug-likeness (QED) is 0.368. The number of hydrogen-bond acceptors (Lipinski definition) is 3. The van der Waals surface area contributed by atoms with E-state index in [2.05, 4.69) is 48.2 Å². The summed E-state index contributed by atoms with van der Waals surface area (Å²) in [6, 6.07) is 1.14. The van der Waals surface area contributed by atoms with E-state index in [4.69, 9.17) is 4.74 Å². The monoisotopic (exact) mass is 326 g/mol. The lowest BCUT2D eigenvalue weighted by Gasteiger charge is -2.30. The van der Waals surface area contributed by atoms with Crippen LogP contribution in [0.1, 0.15) is 59.8 Å². The maximum absolute atomic E-state index is 5.88. The van der Waals surface area contributed by atoms with Crippen LogP contribution in [0.4, 0.5) is 0 Å². The van der Waals surface area contributed by atoms with Gasteiger partial charge in [0, 0.05) is 45.4 Å². The molecule has 0 amide bonds. The van der Waals surface area contributed by atoms with Crippen LogP contribution in [0.3, 0.4) is 0 Å². The molecule has 0 bridgehead atoms. The normalized spacial score (nSPS) is 16.8. The molecule has 0 heterocycles. The van der Waals surface area contributed by atoms with Gasteiger partial charge in [-0.25, -0.2) is 0 Å². The number of nitrogens with zero attached hydrogens (tertiary/aromatic N) is 2. The molecule has 0 aliphatic heterocycles. The molecule has 0 spiro atoms. The number of rotatable bonds is 10. The molecule has 1 aliphatic carbocycles. The summed E-state index contributed by atoms with van der Waals surface area (Å²) in [6.45, 7) is 12.7. The molecule has 0 saturated heterocycles. The number of guanidine groups is 1. The molecular formula is C18H38N4O. The van der Waals surface area contributed by atoms with E-state index in [1.54, 1.807) is 0 Å². The van der Waals surface area contributed by atoms with Crippen molar-refractivity contribution in [3.8, 4) is 0 Å². The van der Waals surface area contributed by atoms with Gasteiger partial charge in [-0.2, -0.15) is 0 Å². The summed E-state index contributed by atoms with van der Waals surface area (Å²) in [7, 11) is 1.83. The smallest absolute Gasteiger partial charge is 0.191 e. The van der Waals surface area contributed by atoms with Gasteiger partial charge >= 0.3 is 0 Å². The van der Waals surface area contributed by atoms with Gasteiger partial charge in [0.2, 0.25) is 0 Å². The van der Waals surface area contributed by atoms with Gasteiger partial charge in [-0.15, -0.1) is 0 Å². The second-order valence-corrected chi connectivity index (χ2v) is 6.98. The summed E-state index contributed by atoms with van der Waals surface area (Å²) in [4.78, 5) is 6.77. The zero-order chi connectivity index (χ0) is 17.1. The van der Waals surface area contributed by atoms with Crippen LogP contribution in [0, 0.1) is 0 Å². The standard InChI is InChI=1S/C18H38N4O/c1-15(2)22(16(3)4)13-12-21-18(19-5)20-11-8-14-23-17-9-6-7-10-17/h15-17H,6-14H2,1-5H3,(H2,19,20,21). The van der Waals surface area contributed by atoms with Crippen molar-refractivity contribution in [3.63, 3.8) is 0 Å². The van der Waals surface area contributed by atoms with Gasteiger partial charge in [-0.3, -0.25) is 9.89 Å². The highest BCUT2D eigenvalue weighted by Gasteiger charge is 2.15. The summed E-state index contributed by atoms with van der Waals surface area (Å²) in [5.41, 5.74) is 0. The Bertz CT molecular complexity index is 317. The van der Waals surface area contributed by atoms with Crippen LogP contribution in [0.5, 0.6) is 0 Å². The molecule has 1 aliphatic rings. The van der Waals surface area contributed by atoms with Crippen molar-refractivity contribution in [3.05, 3.63) is 0 Å².